The first-order chi connectivity index (χ1) is 12.1. The van der Waals surface area contributed by atoms with E-state index in [0.29, 0.717) is 18.6 Å². The lowest BCUT2D eigenvalue weighted by Crippen LogP contribution is -2.45. The van der Waals surface area contributed by atoms with E-state index in [4.69, 9.17) is 4.74 Å². The summed E-state index contributed by atoms with van der Waals surface area (Å²) in [5, 5.41) is 6.87. The highest BCUT2D eigenvalue weighted by Crippen LogP contribution is 2.33. The quantitative estimate of drug-likeness (QED) is 0.612. The summed E-state index contributed by atoms with van der Waals surface area (Å²) in [6, 6.07) is 8.29. The average molecular weight is 348 g/mol. The van der Waals surface area contributed by atoms with Gasteiger partial charge in [0.1, 0.15) is 5.82 Å². The molecule has 0 spiro atoms. The molecule has 1 heterocycles. The minimum atomic E-state index is -0.236. The van der Waals surface area contributed by atoms with E-state index < -0.39 is 0 Å². The second-order valence-electron chi connectivity index (χ2n) is 7.08. The molecule has 0 aromatic heterocycles. The van der Waals surface area contributed by atoms with Crippen LogP contribution in [0.4, 0.5) is 4.39 Å². The molecule has 1 aromatic rings. The number of methoxy groups -OCH3 is 1. The van der Waals surface area contributed by atoms with E-state index in [9.17, 15) is 4.39 Å². The number of hydrogen-bond acceptors (Lipinski definition) is 3. The van der Waals surface area contributed by atoms with Gasteiger partial charge in [-0.25, -0.2) is 4.39 Å². The Balaban J connectivity index is 1.51. The molecule has 2 fully saturated rings. The third-order valence-electron chi connectivity index (χ3n) is 5.18. The van der Waals surface area contributed by atoms with Crippen LogP contribution in [0.5, 0.6) is 0 Å². The second-order valence-corrected chi connectivity index (χ2v) is 7.08. The van der Waals surface area contributed by atoms with Gasteiger partial charge in [0.05, 0.1) is 6.10 Å². The van der Waals surface area contributed by atoms with E-state index in [0.717, 1.165) is 30.5 Å². The maximum Gasteiger partial charge on any atom is 0.191 e. The van der Waals surface area contributed by atoms with Crippen molar-refractivity contribution in [2.75, 3.05) is 27.2 Å². The van der Waals surface area contributed by atoms with Crippen molar-refractivity contribution in [3.05, 3.63) is 35.6 Å². The summed E-state index contributed by atoms with van der Waals surface area (Å²) in [6.45, 7) is 3.97. The van der Waals surface area contributed by atoms with Gasteiger partial charge >= 0.3 is 0 Å². The third-order valence-corrected chi connectivity index (χ3v) is 5.18. The fourth-order valence-corrected chi connectivity index (χ4v) is 3.67. The lowest BCUT2D eigenvalue weighted by atomic mass is 10.1. The number of halogens is 1. The summed E-state index contributed by atoms with van der Waals surface area (Å²) in [5.74, 6) is 0.554. The number of aliphatic imine (C=N–C) groups is 1. The zero-order valence-corrected chi connectivity index (χ0v) is 15.3. The van der Waals surface area contributed by atoms with Gasteiger partial charge in [-0.15, -0.1) is 0 Å². The van der Waals surface area contributed by atoms with Crippen LogP contribution in [0.25, 0.3) is 0 Å². The average Bonchev–Trinajstić information content (AvgIpc) is 3.39. The van der Waals surface area contributed by atoms with E-state index in [1.807, 2.05) is 0 Å². The Morgan fingerprint density at radius 3 is 2.68 bits per heavy atom. The summed E-state index contributed by atoms with van der Waals surface area (Å²) in [6.07, 6.45) is 3.68. The molecule has 2 aliphatic rings. The molecule has 5 nitrogen and oxygen atoms in total. The number of likely N-dealkylation sites (tertiary alicyclic amines) is 1. The van der Waals surface area contributed by atoms with Crippen LogP contribution in [0.3, 0.4) is 0 Å². The van der Waals surface area contributed by atoms with E-state index in [2.05, 4.69) is 27.4 Å². The number of guanidine groups is 1. The summed E-state index contributed by atoms with van der Waals surface area (Å²) >= 11 is 0. The molecule has 0 amide bonds. The molecular weight excluding hydrogens is 319 g/mol. The van der Waals surface area contributed by atoms with E-state index in [1.54, 1.807) is 26.3 Å². The van der Waals surface area contributed by atoms with Crippen molar-refractivity contribution in [3.8, 4) is 0 Å². The largest absolute Gasteiger partial charge is 0.375 e. The minimum absolute atomic E-state index is 0.149. The van der Waals surface area contributed by atoms with Crippen molar-refractivity contribution in [2.24, 2.45) is 4.99 Å². The minimum Gasteiger partial charge on any atom is -0.375 e. The van der Waals surface area contributed by atoms with E-state index >= 15 is 0 Å². The molecular formula is C19H29FN4O. The summed E-state index contributed by atoms with van der Waals surface area (Å²) in [7, 11) is 3.45. The zero-order valence-electron chi connectivity index (χ0n) is 15.3. The van der Waals surface area contributed by atoms with Gasteiger partial charge in [-0.05, 0) is 43.9 Å². The summed E-state index contributed by atoms with van der Waals surface area (Å²) < 4.78 is 18.6. The van der Waals surface area contributed by atoms with Crippen molar-refractivity contribution in [1.29, 1.82) is 0 Å². The number of nitrogens with zero attached hydrogens (tertiary/aromatic N) is 2. The van der Waals surface area contributed by atoms with Gasteiger partial charge in [0.15, 0.2) is 5.96 Å². The van der Waals surface area contributed by atoms with Gasteiger partial charge in [-0.1, -0.05) is 12.1 Å². The molecule has 138 valence electrons. The van der Waals surface area contributed by atoms with Crippen LogP contribution in [-0.4, -0.2) is 56.2 Å². The van der Waals surface area contributed by atoms with Crippen LogP contribution in [0.2, 0.25) is 0 Å². The normalized spacial score (nSPS) is 25.8. The highest BCUT2D eigenvalue weighted by molar-refractivity contribution is 5.80. The molecule has 1 saturated heterocycles. The van der Waals surface area contributed by atoms with Crippen molar-refractivity contribution in [1.82, 2.24) is 15.5 Å². The smallest absolute Gasteiger partial charge is 0.191 e. The molecule has 3 unspecified atom stereocenters. The van der Waals surface area contributed by atoms with Crippen molar-refractivity contribution in [2.45, 2.75) is 50.4 Å². The van der Waals surface area contributed by atoms with Crippen LogP contribution in [0, 0.1) is 5.82 Å². The van der Waals surface area contributed by atoms with Gasteiger partial charge in [-0.3, -0.25) is 9.89 Å². The van der Waals surface area contributed by atoms with Crippen molar-refractivity contribution >= 4 is 5.96 Å². The fourth-order valence-electron chi connectivity index (χ4n) is 3.67. The SMILES string of the molecule is CN=C(NCC(OC)c1ccc(F)cc1)NC1CC(C)N(C2CC2)C1. The van der Waals surface area contributed by atoms with Crippen molar-refractivity contribution < 1.29 is 9.13 Å². The van der Waals surface area contributed by atoms with Crippen molar-refractivity contribution in [3.63, 3.8) is 0 Å². The maximum absolute atomic E-state index is 13.1. The maximum atomic E-state index is 13.1. The molecule has 1 aromatic carbocycles. The Hall–Kier alpha value is -1.66. The topological polar surface area (TPSA) is 48.9 Å². The first-order valence-electron chi connectivity index (χ1n) is 9.12. The number of ether oxygens (including phenoxy) is 1. The lowest BCUT2D eigenvalue weighted by molar-refractivity contribution is 0.106. The third kappa shape index (κ3) is 4.70. The van der Waals surface area contributed by atoms with Gasteiger partial charge < -0.3 is 15.4 Å². The molecule has 0 radical (unpaired) electrons. The number of nitrogens with one attached hydrogen (secondary N) is 2. The molecule has 1 saturated carbocycles. The van der Waals surface area contributed by atoms with Crippen LogP contribution < -0.4 is 10.6 Å². The van der Waals surface area contributed by atoms with E-state index in [-0.39, 0.29) is 11.9 Å². The molecule has 1 aliphatic carbocycles. The fraction of sp³-hybridized carbons (Fsp3) is 0.632. The number of hydrogen-bond donors (Lipinski definition) is 2. The highest BCUT2D eigenvalue weighted by atomic mass is 19.1. The first kappa shape index (κ1) is 18.1. The van der Waals surface area contributed by atoms with Gasteiger partial charge in [-0.2, -0.15) is 0 Å². The van der Waals surface area contributed by atoms with E-state index in [1.165, 1.54) is 25.0 Å². The van der Waals surface area contributed by atoms with Gasteiger partial charge in [0, 0.05) is 45.4 Å². The molecule has 25 heavy (non-hydrogen) atoms. The molecule has 0 bridgehead atoms. The Kier molecular flexibility index (Phi) is 5.91. The number of rotatable bonds is 6. The molecule has 6 heteroatoms. The molecule has 2 N–H and O–H groups in total. The second kappa shape index (κ2) is 8.15. The van der Waals surface area contributed by atoms with Gasteiger partial charge in [0.25, 0.3) is 0 Å². The Morgan fingerprint density at radius 1 is 1.36 bits per heavy atom. The standard InChI is InChI=1S/C19H29FN4O/c1-13-10-16(12-24(13)17-8-9-17)23-19(21-2)22-11-18(25-3)14-4-6-15(20)7-5-14/h4-7,13,16-18H,8-12H2,1-3H3,(H2,21,22,23). The Labute approximate surface area is 149 Å². The summed E-state index contributed by atoms with van der Waals surface area (Å²) in [5.41, 5.74) is 0.946. The monoisotopic (exact) mass is 348 g/mol. The predicted molar refractivity (Wildman–Crippen MR) is 98.2 cm³/mol. The van der Waals surface area contributed by atoms with Crippen LogP contribution in [0.15, 0.2) is 29.3 Å². The van der Waals surface area contributed by atoms with Crippen LogP contribution >= 0.6 is 0 Å². The summed E-state index contributed by atoms with van der Waals surface area (Å²) in [4.78, 5) is 6.95. The highest BCUT2D eigenvalue weighted by Gasteiger charge is 2.38. The lowest BCUT2D eigenvalue weighted by Gasteiger charge is -2.21. The zero-order chi connectivity index (χ0) is 17.8. The Bertz CT molecular complexity index is 588. The predicted octanol–water partition coefficient (Wildman–Crippen LogP) is 2.30. The van der Waals surface area contributed by atoms with Crippen LogP contribution in [-0.2, 0) is 4.74 Å². The Morgan fingerprint density at radius 2 is 2.08 bits per heavy atom. The molecule has 3 atom stereocenters. The first-order valence-corrected chi connectivity index (χ1v) is 9.12. The van der Waals surface area contributed by atoms with Gasteiger partial charge in [0.2, 0.25) is 0 Å². The van der Waals surface area contributed by atoms with Crippen LogP contribution in [0.1, 0.15) is 37.9 Å². The number of benzene rings is 1. The molecule has 1 aliphatic heterocycles. The molecule has 3 rings (SSSR count).